The van der Waals surface area contributed by atoms with E-state index in [-0.39, 0.29) is 11.5 Å². The fourth-order valence-electron chi connectivity index (χ4n) is 1.90. The van der Waals surface area contributed by atoms with E-state index < -0.39 is 5.91 Å². The van der Waals surface area contributed by atoms with Gasteiger partial charge in [0.2, 0.25) is 5.95 Å². The Kier molecular flexibility index (Phi) is 5.42. The SMILES string of the molecule is Cc1cccc(Nc2nc(NCCN(C)C)nnc2C(N)=O)c1. The van der Waals surface area contributed by atoms with Crippen LogP contribution >= 0.6 is 0 Å². The Hall–Kier alpha value is -2.74. The van der Waals surface area contributed by atoms with Gasteiger partial charge in [0.15, 0.2) is 11.5 Å². The Morgan fingerprint density at radius 2 is 2.09 bits per heavy atom. The summed E-state index contributed by atoms with van der Waals surface area (Å²) in [7, 11) is 3.95. The third kappa shape index (κ3) is 4.89. The molecule has 0 aliphatic rings. The summed E-state index contributed by atoms with van der Waals surface area (Å²) in [5, 5.41) is 13.9. The van der Waals surface area contributed by atoms with Crippen LogP contribution in [0.1, 0.15) is 16.1 Å². The van der Waals surface area contributed by atoms with Gasteiger partial charge in [-0.1, -0.05) is 12.1 Å². The van der Waals surface area contributed by atoms with Crippen LogP contribution in [-0.2, 0) is 0 Å². The van der Waals surface area contributed by atoms with Crippen molar-refractivity contribution in [1.82, 2.24) is 20.1 Å². The zero-order valence-electron chi connectivity index (χ0n) is 13.5. The Balaban J connectivity index is 2.21. The molecule has 8 heteroatoms. The highest BCUT2D eigenvalue weighted by molar-refractivity contribution is 5.96. The van der Waals surface area contributed by atoms with E-state index in [2.05, 4.69) is 25.8 Å². The second kappa shape index (κ2) is 7.50. The molecule has 1 amide bonds. The van der Waals surface area contributed by atoms with Crippen molar-refractivity contribution in [2.24, 2.45) is 5.73 Å². The molecule has 0 spiro atoms. The second-order valence-electron chi connectivity index (χ2n) is 5.42. The van der Waals surface area contributed by atoms with Gasteiger partial charge in [-0.25, -0.2) is 0 Å². The van der Waals surface area contributed by atoms with Gasteiger partial charge in [0, 0.05) is 18.8 Å². The number of amides is 1. The van der Waals surface area contributed by atoms with Gasteiger partial charge in [0.25, 0.3) is 5.91 Å². The predicted octanol–water partition coefficient (Wildman–Crippen LogP) is 0.996. The van der Waals surface area contributed by atoms with Crippen molar-refractivity contribution in [2.45, 2.75) is 6.92 Å². The quantitative estimate of drug-likeness (QED) is 0.699. The maximum absolute atomic E-state index is 11.5. The molecule has 0 fully saturated rings. The lowest BCUT2D eigenvalue weighted by molar-refractivity contribution is 0.0995. The third-order valence-electron chi connectivity index (χ3n) is 3.04. The van der Waals surface area contributed by atoms with E-state index in [0.29, 0.717) is 12.5 Å². The van der Waals surface area contributed by atoms with E-state index in [1.807, 2.05) is 50.2 Å². The number of benzene rings is 1. The number of hydrogen-bond acceptors (Lipinski definition) is 7. The number of nitrogens with one attached hydrogen (secondary N) is 2. The van der Waals surface area contributed by atoms with Crippen molar-refractivity contribution in [1.29, 1.82) is 0 Å². The number of rotatable bonds is 7. The first-order valence-electron chi connectivity index (χ1n) is 7.22. The van der Waals surface area contributed by atoms with Crippen molar-refractivity contribution in [3.63, 3.8) is 0 Å². The molecule has 0 atom stereocenters. The molecule has 0 bridgehead atoms. The molecule has 4 N–H and O–H groups in total. The predicted molar refractivity (Wildman–Crippen MR) is 89.9 cm³/mol. The third-order valence-corrected chi connectivity index (χ3v) is 3.04. The van der Waals surface area contributed by atoms with Crippen LogP contribution in [0.15, 0.2) is 24.3 Å². The molecule has 0 radical (unpaired) electrons. The summed E-state index contributed by atoms with van der Waals surface area (Å²) in [4.78, 5) is 17.8. The number of nitrogens with zero attached hydrogens (tertiary/aromatic N) is 4. The molecule has 0 saturated heterocycles. The molecule has 1 aromatic heterocycles. The topological polar surface area (TPSA) is 109 Å². The number of likely N-dealkylation sites (N-methyl/N-ethyl adjacent to an activating group) is 1. The Morgan fingerprint density at radius 3 is 2.74 bits per heavy atom. The first-order valence-corrected chi connectivity index (χ1v) is 7.22. The van der Waals surface area contributed by atoms with Crippen LogP contribution in [-0.4, -0.2) is 53.2 Å². The first-order chi connectivity index (χ1) is 11.0. The Bertz CT molecular complexity index is 687. The normalized spacial score (nSPS) is 10.6. The fraction of sp³-hybridized carbons (Fsp3) is 0.333. The summed E-state index contributed by atoms with van der Waals surface area (Å²) >= 11 is 0. The molecule has 1 heterocycles. The summed E-state index contributed by atoms with van der Waals surface area (Å²) in [6, 6.07) is 7.70. The fourth-order valence-corrected chi connectivity index (χ4v) is 1.90. The molecule has 0 aliphatic heterocycles. The molecule has 122 valence electrons. The molecular formula is C15H21N7O. The van der Waals surface area contributed by atoms with Crippen LogP contribution in [0.5, 0.6) is 0 Å². The van der Waals surface area contributed by atoms with Crippen LogP contribution in [0.3, 0.4) is 0 Å². The molecule has 2 aromatic rings. The van der Waals surface area contributed by atoms with Crippen LogP contribution in [0.25, 0.3) is 0 Å². The summed E-state index contributed by atoms with van der Waals surface area (Å²) < 4.78 is 0. The number of aryl methyl sites for hydroxylation is 1. The monoisotopic (exact) mass is 315 g/mol. The maximum atomic E-state index is 11.5. The van der Waals surface area contributed by atoms with Crippen LogP contribution in [0.2, 0.25) is 0 Å². The van der Waals surface area contributed by atoms with Gasteiger partial charge in [0.1, 0.15) is 0 Å². The minimum Gasteiger partial charge on any atom is -0.364 e. The summed E-state index contributed by atoms with van der Waals surface area (Å²) in [6.07, 6.45) is 0. The van der Waals surface area contributed by atoms with Gasteiger partial charge in [-0.15, -0.1) is 10.2 Å². The summed E-state index contributed by atoms with van der Waals surface area (Å²) in [6.45, 7) is 3.46. The van der Waals surface area contributed by atoms with E-state index >= 15 is 0 Å². The molecular weight excluding hydrogens is 294 g/mol. The van der Waals surface area contributed by atoms with Gasteiger partial charge < -0.3 is 21.3 Å². The van der Waals surface area contributed by atoms with Gasteiger partial charge in [-0.3, -0.25) is 4.79 Å². The summed E-state index contributed by atoms with van der Waals surface area (Å²) in [5.74, 6) is -0.0579. The number of anilines is 3. The van der Waals surface area contributed by atoms with Crippen molar-refractivity contribution in [3.8, 4) is 0 Å². The van der Waals surface area contributed by atoms with E-state index in [1.165, 1.54) is 0 Å². The van der Waals surface area contributed by atoms with Gasteiger partial charge in [-0.2, -0.15) is 4.98 Å². The van der Waals surface area contributed by atoms with Gasteiger partial charge in [-0.05, 0) is 38.7 Å². The lowest BCUT2D eigenvalue weighted by atomic mass is 10.2. The van der Waals surface area contributed by atoms with Crippen molar-refractivity contribution in [2.75, 3.05) is 37.8 Å². The van der Waals surface area contributed by atoms with Gasteiger partial charge >= 0.3 is 0 Å². The smallest absolute Gasteiger partial charge is 0.273 e. The average molecular weight is 315 g/mol. The highest BCUT2D eigenvalue weighted by Gasteiger charge is 2.14. The maximum Gasteiger partial charge on any atom is 0.273 e. The zero-order valence-corrected chi connectivity index (χ0v) is 13.5. The first kappa shape index (κ1) is 16.6. The highest BCUT2D eigenvalue weighted by atomic mass is 16.1. The molecule has 0 unspecified atom stereocenters. The number of hydrogen-bond donors (Lipinski definition) is 3. The highest BCUT2D eigenvalue weighted by Crippen LogP contribution is 2.18. The van der Waals surface area contributed by atoms with Crippen molar-refractivity contribution in [3.05, 3.63) is 35.5 Å². The zero-order chi connectivity index (χ0) is 16.8. The molecule has 23 heavy (non-hydrogen) atoms. The van der Waals surface area contributed by atoms with Crippen molar-refractivity contribution >= 4 is 23.4 Å². The standard InChI is InChI=1S/C15H21N7O/c1-10-5-4-6-11(9-10)18-14-12(13(16)23)20-21-15(19-14)17-7-8-22(2)3/h4-6,9H,7-8H2,1-3H3,(H2,16,23)(H2,17,18,19,21). The molecule has 8 nitrogen and oxygen atoms in total. The van der Waals surface area contributed by atoms with Crippen LogP contribution < -0.4 is 16.4 Å². The largest absolute Gasteiger partial charge is 0.364 e. The van der Waals surface area contributed by atoms with E-state index in [4.69, 9.17) is 5.73 Å². The summed E-state index contributed by atoms with van der Waals surface area (Å²) in [5.41, 5.74) is 7.23. The average Bonchev–Trinajstić information content (AvgIpc) is 2.47. The molecule has 2 rings (SSSR count). The number of carbonyl (C=O) groups is 1. The van der Waals surface area contributed by atoms with Gasteiger partial charge in [0.05, 0.1) is 0 Å². The Labute approximate surface area is 135 Å². The number of aromatic nitrogens is 3. The van der Waals surface area contributed by atoms with E-state index in [1.54, 1.807) is 0 Å². The Morgan fingerprint density at radius 1 is 1.30 bits per heavy atom. The lowest BCUT2D eigenvalue weighted by Gasteiger charge is -2.12. The molecule has 1 aromatic carbocycles. The molecule has 0 aliphatic carbocycles. The minimum atomic E-state index is -0.681. The van der Waals surface area contributed by atoms with Crippen LogP contribution in [0.4, 0.5) is 17.5 Å². The number of primary amides is 1. The van der Waals surface area contributed by atoms with E-state index in [9.17, 15) is 4.79 Å². The van der Waals surface area contributed by atoms with Crippen molar-refractivity contribution < 1.29 is 4.79 Å². The minimum absolute atomic E-state index is 0.00432. The van der Waals surface area contributed by atoms with E-state index in [0.717, 1.165) is 17.8 Å². The van der Waals surface area contributed by atoms with Crippen LogP contribution in [0, 0.1) is 6.92 Å². The lowest BCUT2D eigenvalue weighted by Crippen LogP contribution is -2.23. The number of nitrogens with two attached hydrogens (primary N) is 1. The number of carbonyl (C=O) groups excluding carboxylic acids is 1. The molecule has 0 saturated carbocycles. The second-order valence-corrected chi connectivity index (χ2v) is 5.42.